The first-order valence-corrected chi connectivity index (χ1v) is 11.2. The first-order chi connectivity index (χ1) is 14.0. The molecule has 1 amide bonds. The molecule has 3 aromatic rings. The Hall–Kier alpha value is -3.00. The van der Waals surface area contributed by atoms with Crippen LogP contribution in [0.25, 0.3) is 11.3 Å². The number of sulfone groups is 1. The lowest BCUT2D eigenvalue weighted by Gasteiger charge is -2.16. The van der Waals surface area contributed by atoms with Gasteiger partial charge in [0.25, 0.3) is 0 Å². The molecule has 1 atom stereocenters. The highest BCUT2D eigenvalue weighted by molar-refractivity contribution is 7.91. The Morgan fingerprint density at radius 1 is 1.03 bits per heavy atom. The zero-order valence-corrected chi connectivity index (χ0v) is 16.7. The van der Waals surface area contributed by atoms with Crippen molar-refractivity contribution in [3.8, 4) is 11.3 Å². The van der Waals surface area contributed by atoms with Crippen LogP contribution in [0, 0.1) is 0 Å². The second-order valence-electron chi connectivity index (χ2n) is 7.11. The van der Waals surface area contributed by atoms with Crippen molar-refractivity contribution in [2.75, 3.05) is 18.8 Å². The molecule has 4 rings (SSSR count). The Balaban J connectivity index is 1.35. The fourth-order valence-corrected chi connectivity index (χ4v) is 4.76. The molecule has 1 aromatic heterocycles. The number of hydrogen-bond acceptors (Lipinski definition) is 5. The van der Waals surface area contributed by atoms with Crippen LogP contribution in [0.5, 0.6) is 0 Å². The van der Waals surface area contributed by atoms with E-state index in [1.165, 1.54) is 0 Å². The number of carbonyl (C=O) groups excluding carboxylic acids is 1. The van der Waals surface area contributed by atoms with Gasteiger partial charge in [0.15, 0.2) is 9.84 Å². The molecule has 0 saturated carbocycles. The van der Waals surface area contributed by atoms with Crippen molar-refractivity contribution in [2.24, 2.45) is 0 Å². The third-order valence-corrected chi connectivity index (χ3v) is 6.89. The van der Waals surface area contributed by atoms with Gasteiger partial charge < -0.3 is 4.90 Å². The number of hydrogen-bond donors (Lipinski definition) is 0. The van der Waals surface area contributed by atoms with E-state index in [4.69, 9.17) is 0 Å². The van der Waals surface area contributed by atoms with E-state index < -0.39 is 9.84 Å². The molecule has 2 heterocycles. The topological polar surface area (TPSA) is 85.2 Å². The van der Waals surface area contributed by atoms with E-state index in [1.807, 2.05) is 36.5 Å². The van der Waals surface area contributed by atoms with Gasteiger partial charge in [0.05, 0.1) is 22.9 Å². The van der Waals surface area contributed by atoms with E-state index in [-0.39, 0.29) is 29.0 Å². The SMILES string of the molecule is O=C(CCS(=O)(=O)c1ccccc1)N1CCC(n2cc(-c3ccccc3)nn2)C1. The lowest BCUT2D eigenvalue weighted by Crippen LogP contribution is -2.30. The Morgan fingerprint density at radius 2 is 1.72 bits per heavy atom. The summed E-state index contributed by atoms with van der Waals surface area (Å²) in [5.41, 5.74) is 1.79. The van der Waals surface area contributed by atoms with Crippen LogP contribution in [-0.2, 0) is 14.6 Å². The minimum atomic E-state index is -3.45. The Bertz CT molecular complexity index is 1080. The van der Waals surface area contributed by atoms with Crippen molar-refractivity contribution >= 4 is 15.7 Å². The summed E-state index contributed by atoms with van der Waals surface area (Å²) in [5.74, 6) is -0.325. The lowest BCUT2D eigenvalue weighted by atomic mass is 10.2. The number of amides is 1. The van der Waals surface area contributed by atoms with Crippen molar-refractivity contribution in [3.63, 3.8) is 0 Å². The highest BCUT2D eigenvalue weighted by Crippen LogP contribution is 2.24. The predicted molar refractivity (Wildman–Crippen MR) is 109 cm³/mol. The molecular formula is C21H22N4O3S. The van der Waals surface area contributed by atoms with Crippen molar-refractivity contribution in [1.82, 2.24) is 19.9 Å². The van der Waals surface area contributed by atoms with Crippen LogP contribution >= 0.6 is 0 Å². The van der Waals surface area contributed by atoms with Crippen LogP contribution in [0.3, 0.4) is 0 Å². The van der Waals surface area contributed by atoms with Crippen molar-refractivity contribution in [2.45, 2.75) is 23.8 Å². The van der Waals surface area contributed by atoms with Gasteiger partial charge in [0, 0.05) is 25.1 Å². The van der Waals surface area contributed by atoms with Crippen LogP contribution in [0.2, 0.25) is 0 Å². The molecule has 0 spiro atoms. The molecule has 150 valence electrons. The summed E-state index contributed by atoms with van der Waals surface area (Å²) in [4.78, 5) is 14.5. The van der Waals surface area contributed by atoms with Gasteiger partial charge in [-0.3, -0.25) is 4.79 Å². The minimum Gasteiger partial charge on any atom is -0.340 e. The number of carbonyl (C=O) groups is 1. The molecule has 1 fully saturated rings. The smallest absolute Gasteiger partial charge is 0.223 e. The molecule has 2 aromatic carbocycles. The molecule has 7 nitrogen and oxygen atoms in total. The summed E-state index contributed by atoms with van der Waals surface area (Å²) in [6.45, 7) is 1.11. The Kier molecular flexibility index (Phi) is 5.44. The van der Waals surface area contributed by atoms with Crippen LogP contribution in [0.1, 0.15) is 18.9 Å². The maximum absolute atomic E-state index is 12.5. The maximum atomic E-state index is 12.5. The average Bonchev–Trinajstić information content (AvgIpc) is 3.43. The molecule has 0 radical (unpaired) electrons. The summed E-state index contributed by atoms with van der Waals surface area (Å²) in [5, 5.41) is 8.46. The summed E-state index contributed by atoms with van der Waals surface area (Å²) in [6.07, 6.45) is 2.65. The molecule has 0 N–H and O–H groups in total. The molecule has 1 aliphatic heterocycles. The normalized spacial score (nSPS) is 16.8. The van der Waals surface area contributed by atoms with E-state index in [2.05, 4.69) is 10.3 Å². The number of nitrogens with zero attached hydrogens (tertiary/aromatic N) is 4. The average molecular weight is 410 g/mol. The van der Waals surface area contributed by atoms with Gasteiger partial charge in [0.2, 0.25) is 5.91 Å². The Morgan fingerprint density at radius 3 is 2.45 bits per heavy atom. The quantitative estimate of drug-likeness (QED) is 0.624. The van der Waals surface area contributed by atoms with Gasteiger partial charge in [-0.05, 0) is 18.6 Å². The third kappa shape index (κ3) is 4.37. The molecule has 0 bridgehead atoms. The first kappa shape index (κ1) is 19.3. The van der Waals surface area contributed by atoms with E-state index in [1.54, 1.807) is 39.9 Å². The predicted octanol–water partition coefficient (Wildman–Crippen LogP) is 2.58. The number of likely N-dealkylation sites (tertiary alicyclic amines) is 1. The standard InChI is InChI=1S/C21H22N4O3S/c26-21(12-14-29(27,28)19-9-5-2-6-10-19)24-13-11-18(15-24)25-16-20(22-23-25)17-7-3-1-4-8-17/h1-10,16,18H,11-15H2. The van der Waals surface area contributed by atoms with Gasteiger partial charge in [-0.2, -0.15) is 0 Å². The molecular weight excluding hydrogens is 388 g/mol. The molecule has 0 aliphatic carbocycles. The van der Waals surface area contributed by atoms with Gasteiger partial charge in [-0.25, -0.2) is 13.1 Å². The first-order valence-electron chi connectivity index (χ1n) is 9.56. The number of benzene rings is 2. The number of rotatable bonds is 6. The summed E-state index contributed by atoms with van der Waals surface area (Å²) >= 11 is 0. The van der Waals surface area contributed by atoms with E-state index in [0.717, 1.165) is 17.7 Å². The van der Waals surface area contributed by atoms with Gasteiger partial charge in [-0.15, -0.1) is 5.10 Å². The van der Waals surface area contributed by atoms with Crippen LogP contribution in [0.4, 0.5) is 0 Å². The van der Waals surface area contributed by atoms with Gasteiger partial charge in [0.1, 0.15) is 5.69 Å². The van der Waals surface area contributed by atoms with Crippen LogP contribution < -0.4 is 0 Å². The second-order valence-corrected chi connectivity index (χ2v) is 9.22. The zero-order valence-electron chi connectivity index (χ0n) is 15.9. The molecule has 1 saturated heterocycles. The fourth-order valence-electron chi connectivity index (χ4n) is 3.51. The van der Waals surface area contributed by atoms with Gasteiger partial charge >= 0.3 is 0 Å². The minimum absolute atomic E-state index is 0.0173. The van der Waals surface area contributed by atoms with Gasteiger partial charge in [-0.1, -0.05) is 53.7 Å². The zero-order chi connectivity index (χ0) is 20.3. The second kappa shape index (κ2) is 8.16. The molecule has 1 unspecified atom stereocenters. The van der Waals surface area contributed by atoms with Crippen LogP contribution in [0.15, 0.2) is 71.8 Å². The van der Waals surface area contributed by atoms with Crippen molar-refractivity contribution in [1.29, 1.82) is 0 Å². The van der Waals surface area contributed by atoms with Crippen molar-refractivity contribution in [3.05, 3.63) is 66.9 Å². The summed E-state index contributed by atoms with van der Waals surface area (Å²) in [6, 6.07) is 18.1. The molecule has 8 heteroatoms. The molecule has 1 aliphatic rings. The van der Waals surface area contributed by atoms with E-state index in [0.29, 0.717) is 13.1 Å². The third-order valence-electron chi connectivity index (χ3n) is 5.16. The van der Waals surface area contributed by atoms with Crippen LogP contribution in [-0.4, -0.2) is 53.1 Å². The number of aromatic nitrogens is 3. The monoisotopic (exact) mass is 410 g/mol. The highest BCUT2D eigenvalue weighted by atomic mass is 32.2. The van der Waals surface area contributed by atoms with E-state index >= 15 is 0 Å². The fraction of sp³-hybridized carbons (Fsp3) is 0.286. The Labute approximate surface area is 169 Å². The summed E-state index contributed by atoms with van der Waals surface area (Å²) in [7, 11) is -3.45. The summed E-state index contributed by atoms with van der Waals surface area (Å²) < 4.78 is 26.6. The van der Waals surface area contributed by atoms with Crippen molar-refractivity contribution < 1.29 is 13.2 Å². The maximum Gasteiger partial charge on any atom is 0.223 e. The largest absolute Gasteiger partial charge is 0.340 e. The van der Waals surface area contributed by atoms with E-state index in [9.17, 15) is 13.2 Å². The molecule has 29 heavy (non-hydrogen) atoms. The lowest BCUT2D eigenvalue weighted by molar-refractivity contribution is -0.129. The highest BCUT2D eigenvalue weighted by Gasteiger charge is 2.29.